The summed E-state index contributed by atoms with van der Waals surface area (Å²) < 4.78 is 25.6. The Balaban J connectivity index is 1.55. The number of halogens is 3. The molecule has 0 saturated heterocycles. The van der Waals surface area contributed by atoms with Gasteiger partial charge in [-0.15, -0.1) is 0 Å². The topological polar surface area (TPSA) is 81.7 Å². The Labute approximate surface area is 218 Å². The molecule has 10 heteroatoms. The van der Waals surface area contributed by atoms with Crippen molar-refractivity contribution in [3.05, 3.63) is 87.9 Å². The first-order valence-electron chi connectivity index (χ1n) is 11.1. The van der Waals surface area contributed by atoms with Crippen molar-refractivity contribution < 1.29 is 23.5 Å². The van der Waals surface area contributed by atoms with Crippen molar-refractivity contribution in [3.63, 3.8) is 0 Å². The summed E-state index contributed by atoms with van der Waals surface area (Å²) in [7, 11) is 0. The molecular weight excluding hydrogens is 508 g/mol. The predicted octanol–water partition coefficient (Wildman–Crippen LogP) is 6.28. The van der Waals surface area contributed by atoms with Crippen LogP contribution in [0.4, 0.5) is 10.1 Å². The van der Waals surface area contributed by atoms with Gasteiger partial charge in [-0.05, 0) is 57.2 Å². The summed E-state index contributed by atoms with van der Waals surface area (Å²) in [6.07, 6.45) is 4.47. The summed E-state index contributed by atoms with van der Waals surface area (Å²) in [6, 6.07) is 11.0. The van der Waals surface area contributed by atoms with E-state index in [4.69, 9.17) is 37.5 Å². The number of nitrogens with one attached hydrogen (secondary N) is 2. The van der Waals surface area contributed by atoms with Crippen molar-refractivity contribution in [2.45, 2.75) is 32.5 Å². The highest BCUT2D eigenvalue weighted by Gasteiger charge is 2.32. The van der Waals surface area contributed by atoms with Crippen LogP contribution in [-0.2, 0) is 4.84 Å². The molecule has 1 aliphatic heterocycles. The van der Waals surface area contributed by atoms with Gasteiger partial charge in [0.15, 0.2) is 11.5 Å². The van der Waals surface area contributed by atoms with Gasteiger partial charge in [-0.1, -0.05) is 35.3 Å². The third-order valence-electron chi connectivity index (χ3n) is 5.15. The molecule has 1 aromatic heterocycles. The van der Waals surface area contributed by atoms with Crippen LogP contribution in [-0.4, -0.2) is 29.2 Å². The van der Waals surface area contributed by atoms with Gasteiger partial charge in [0, 0.05) is 23.5 Å². The van der Waals surface area contributed by atoms with Crippen molar-refractivity contribution in [1.82, 2.24) is 10.5 Å². The summed E-state index contributed by atoms with van der Waals surface area (Å²) >= 11 is 12.2. The molecule has 7 nitrogen and oxygen atoms in total. The van der Waals surface area contributed by atoms with Crippen LogP contribution >= 0.6 is 23.2 Å². The molecule has 2 heterocycles. The van der Waals surface area contributed by atoms with E-state index >= 15 is 0 Å². The molecule has 188 valence electrons. The summed E-state index contributed by atoms with van der Waals surface area (Å²) in [5, 5.41) is 3.13. The monoisotopic (exact) mass is 531 g/mol. The standard InChI is InChI=1S/C26H24Cl2FN3O4/c1-15(2)35-22-8-7-17(25(33)31-24-19(27)12-30-13-20(24)28)10-23(22)34-14-26(3)11-21(32-36-26)16-5-4-6-18(29)9-16/h4-13,15,32H,14H2,1-3H3,(H,30,31,33). The third kappa shape index (κ3) is 6.07. The van der Waals surface area contributed by atoms with E-state index in [1.165, 1.54) is 24.5 Å². The molecule has 1 amide bonds. The first-order valence-corrected chi connectivity index (χ1v) is 11.9. The summed E-state index contributed by atoms with van der Waals surface area (Å²) in [5.41, 5.74) is 3.80. The van der Waals surface area contributed by atoms with E-state index in [0.29, 0.717) is 28.3 Å². The molecule has 0 bridgehead atoms. The Hall–Kier alpha value is -3.33. The molecule has 1 unspecified atom stereocenters. The summed E-state index contributed by atoms with van der Waals surface area (Å²) in [4.78, 5) is 22.5. The Bertz CT molecular complexity index is 1300. The molecule has 0 spiro atoms. The second kappa shape index (κ2) is 10.7. The van der Waals surface area contributed by atoms with E-state index in [9.17, 15) is 9.18 Å². The molecule has 0 radical (unpaired) electrons. The maximum absolute atomic E-state index is 13.6. The molecule has 36 heavy (non-hydrogen) atoms. The predicted molar refractivity (Wildman–Crippen MR) is 137 cm³/mol. The van der Waals surface area contributed by atoms with Crippen molar-refractivity contribution in [3.8, 4) is 11.5 Å². The molecule has 1 atom stereocenters. The van der Waals surface area contributed by atoms with E-state index in [1.54, 1.807) is 30.3 Å². The van der Waals surface area contributed by atoms with Gasteiger partial charge in [-0.25, -0.2) is 4.39 Å². The van der Waals surface area contributed by atoms with Gasteiger partial charge in [0.2, 0.25) is 0 Å². The van der Waals surface area contributed by atoms with Gasteiger partial charge in [0.1, 0.15) is 18.0 Å². The second-order valence-electron chi connectivity index (χ2n) is 8.63. The minimum absolute atomic E-state index is 0.0837. The van der Waals surface area contributed by atoms with E-state index < -0.39 is 11.5 Å². The molecule has 0 saturated carbocycles. The van der Waals surface area contributed by atoms with Crippen LogP contribution in [0.25, 0.3) is 5.70 Å². The van der Waals surface area contributed by atoms with Gasteiger partial charge in [-0.3, -0.25) is 20.1 Å². The van der Waals surface area contributed by atoms with Crippen LogP contribution in [0, 0.1) is 5.82 Å². The number of carbonyl (C=O) groups is 1. The lowest BCUT2D eigenvalue weighted by Gasteiger charge is -2.22. The van der Waals surface area contributed by atoms with E-state index in [-0.39, 0.29) is 34.3 Å². The molecule has 2 N–H and O–H groups in total. The number of hydrogen-bond acceptors (Lipinski definition) is 6. The van der Waals surface area contributed by atoms with Crippen LogP contribution < -0.4 is 20.3 Å². The van der Waals surface area contributed by atoms with Gasteiger partial charge in [0.25, 0.3) is 5.91 Å². The van der Waals surface area contributed by atoms with Crippen LogP contribution in [0.2, 0.25) is 10.0 Å². The number of ether oxygens (including phenoxy) is 2. The van der Waals surface area contributed by atoms with Crippen molar-refractivity contribution in [2.75, 3.05) is 11.9 Å². The fourth-order valence-electron chi connectivity index (χ4n) is 3.46. The SMILES string of the molecule is CC(C)Oc1ccc(C(=O)Nc2c(Cl)cncc2Cl)cc1OCC1(C)C=C(c2cccc(F)c2)NO1. The van der Waals surface area contributed by atoms with Crippen LogP contribution in [0.15, 0.2) is 60.9 Å². The van der Waals surface area contributed by atoms with Gasteiger partial charge in [-0.2, -0.15) is 0 Å². The first-order chi connectivity index (χ1) is 17.1. The van der Waals surface area contributed by atoms with Gasteiger partial charge >= 0.3 is 0 Å². The number of carbonyl (C=O) groups excluding carboxylic acids is 1. The Morgan fingerprint density at radius 2 is 1.92 bits per heavy atom. The number of anilines is 1. The maximum Gasteiger partial charge on any atom is 0.255 e. The number of rotatable bonds is 8. The van der Waals surface area contributed by atoms with Crippen LogP contribution in [0.3, 0.4) is 0 Å². The molecule has 0 fully saturated rings. The molecule has 0 aliphatic carbocycles. The van der Waals surface area contributed by atoms with Crippen LogP contribution in [0.1, 0.15) is 36.7 Å². The number of aromatic nitrogens is 1. The molecule has 3 aromatic rings. The maximum atomic E-state index is 13.6. The fourth-order valence-corrected chi connectivity index (χ4v) is 3.92. The zero-order valence-electron chi connectivity index (χ0n) is 19.8. The third-order valence-corrected chi connectivity index (χ3v) is 5.73. The minimum Gasteiger partial charge on any atom is -0.487 e. The lowest BCUT2D eigenvalue weighted by Crippen LogP contribution is -2.33. The Kier molecular flexibility index (Phi) is 7.68. The van der Waals surface area contributed by atoms with Crippen molar-refractivity contribution in [2.24, 2.45) is 0 Å². The zero-order chi connectivity index (χ0) is 25.9. The normalized spacial score (nSPS) is 16.9. The number of benzene rings is 2. The van der Waals surface area contributed by atoms with Gasteiger partial charge < -0.3 is 14.8 Å². The highest BCUT2D eigenvalue weighted by molar-refractivity contribution is 6.39. The largest absolute Gasteiger partial charge is 0.487 e. The fraction of sp³-hybridized carbons (Fsp3) is 0.231. The second-order valence-corrected chi connectivity index (χ2v) is 9.45. The average molecular weight is 532 g/mol. The average Bonchev–Trinajstić information content (AvgIpc) is 3.23. The van der Waals surface area contributed by atoms with Crippen LogP contribution in [0.5, 0.6) is 11.5 Å². The highest BCUT2D eigenvalue weighted by Crippen LogP contribution is 2.34. The van der Waals surface area contributed by atoms with E-state index in [0.717, 1.165) is 0 Å². The highest BCUT2D eigenvalue weighted by atomic mass is 35.5. The first kappa shape index (κ1) is 25.8. The summed E-state index contributed by atoms with van der Waals surface area (Å²) in [6.45, 7) is 5.67. The lowest BCUT2D eigenvalue weighted by atomic mass is 10.0. The van der Waals surface area contributed by atoms with E-state index in [2.05, 4.69) is 15.8 Å². The van der Waals surface area contributed by atoms with E-state index in [1.807, 2.05) is 26.8 Å². The van der Waals surface area contributed by atoms with Crippen molar-refractivity contribution in [1.29, 1.82) is 0 Å². The zero-order valence-corrected chi connectivity index (χ0v) is 21.3. The number of nitrogens with zero attached hydrogens (tertiary/aromatic N) is 1. The molecule has 1 aliphatic rings. The minimum atomic E-state index is -0.868. The van der Waals surface area contributed by atoms with Crippen molar-refractivity contribution >= 4 is 40.5 Å². The lowest BCUT2D eigenvalue weighted by molar-refractivity contribution is -0.0477. The molecular formula is C26H24Cl2FN3O4. The number of pyridine rings is 1. The number of hydroxylamine groups is 1. The number of amides is 1. The number of hydrogen-bond donors (Lipinski definition) is 2. The Morgan fingerprint density at radius 3 is 2.61 bits per heavy atom. The smallest absolute Gasteiger partial charge is 0.255 e. The summed E-state index contributed by atoms with van der Waals surface area (Å²) in [5.74, 6) is 0.0234. The Morgan fingerprint density at radius 1 is 1.17 bits per heavy atom. The molecule has 2 aromatic carbocycles. The molecule has 4 rings (SSSR count). The quantitative estimate of drug-likeness (QED) is 0.356. The van der Waals surface area contributed by atoms with Gasteiger partial charge in [0.05, 0.1) is 27.5 Å².